The molecule has 0 saturated heterocycles. The van der Waals surface area contributed by atoms with Gasteiger partial charge in [0.25, 0.3) is 11.9 Å². The summed E-state index contributed by atoms with van der Waals surface area (Å²) in [5.74, 6) is -0.322. The van der Waals surface area contributed by atoms with Crippen molar-refractivity contribution in [3.63, 3.8) is 0 Å². The number of nitrogens with zero attached hydrogens (tertiary/aromatic N) is 2. The molecule has 0 aliphatic carbocycles. The van der Waals surface area contributed by atoms with Crippen molar-refractivity contribution in [2.45, 2.75) is 26.4 Å². The molecular weight excluding hydrogens is 302 g/mol. The van der Waals surface area contributed by atoms with Gasteiger partial charge in [-0.05, 0) is 53.0 Å². The van der Waals surface area contributed by atoms with Crippen LogP contribution in [-0.4, -0.2) is 50.1 Å². The summed E-state index contributed by atoms with van der Waals surface area (Å²) in [5, 5.41) is 3.08. The monoisotopic (exact) mass is 325 g/mol. The second-order valence-corrected chi connectivity index (χ2v) is 5.85. The van der Waals surface area contributed by atoms with Crippen LogP contribution in [0.4, 0.5) is 0 Å². The van der Waals surface area contributed by atoms with Crippen molar-refractivity contribution in [3.05, 3.63) is 34.9 Å². The van der Waals surface area contributed by atoms with Crippen LogP contribution in [0, 0.1) is 0 Å². The predicted octanol–water partition coefficient (Wildman–Crippen LogP) is 2.80. The minimum atomic E-state index is -0.322. The van der Waals surface area contributed by atoms with Crippen molar-refractivity contribution in [2.24, 2.45) is 4.99 Å². The quantitative estimate of drug-likeness (QED) is 0.497. The molecule has 0 aliphatic heterocycles. The molecule has 0 fully saturated rings. The summed E-state index contributed by atoms with van der Waals surface area (Å²) in [6.07, 6.45) is 0.819. The summed E-state index contributed by atoms with van der Waals surface area (Å²) >= 11 is 6.02. The zero-order valence-electron chi connectivity index (χ0n) is 13.6. The number of carbonyl (C=O) groups is 1. The Bertz CT molecular complexity index is 516. The first-order valence-electron chi connectivity index (χ1n) is 7.32. The van der Waals surface area contributed by atoms with Crippen molar-refractivity contribution in [1.29, 1.82) is 0 Å². The number of nitrogens with one attached hydrogen (secondary N) is 1. The average Bonchev–Trinajstić information content (AvgIpc) is 2.43. The van der Waals surface area contributed by atoms with Gasteiger partial charge in [-0.2, -0.15) is 0 Å². The fourth-order valence-corrected chi connectivity index (χ4v) is 1.93. The minimum Gasteiger partial charge on any atom is -0.462 e. The lowest BCUT2D eigenvalue weighted by atomic mass is 10.2. The number of carbonyl (C=O) groups excluding carboxylic acids is 1. The second kappa shape index (κ2) is 9.43. The van der Waals surface area contributed by atoms with Gasteiger partial charge in [0.2, 0.25) is 0 Å². The maximum atomic E-state index is 12.2. The minimum absolute atomic E-state index is 0.0702. The third-order valence-corrected chi connectivity index (χ3v) is 3.03. The molecule has 0 spiro atoms. The lowest BCUT2D eigenvalue weighted by Gasteiger charge is -2.14. The summed E-state index contributed by atoms with van der Waals surface area (Å²) in [6.45, 7) is 5.29. The largest absolute Gasteiger partial charge is 0.462 e. The van der Waals surface area contributed by atoms with Crippen molar-refractivity contribution in [2.75, 3.05) is 27.2 Å². The Morgan fingerprint density at radius 2 is 2.05 bits per heavy atom. The number of amides is 1. The zero-order valence-corrected chi connectivity index (χ0v) is 14.4. The normalized spacial score (nSPS) is 11.9. The Morgan fingerprint density at radius 1 is 1.36 bits per heavy atom. The molecule has 0 heterocycles. The van der Waals surface area contributed by atoms with Gasteiger partial charge in [-0.1, -0.05) is 23.7 Å². The maximum Gasteiger partial charge on any atom is 0.291 e. The standard InChI is InChI=1S/C16H24ClN3O2/c1-12(2)22-16(18-10-7-11-20(3)4)19-15(21)13-8-5-6-9-14(13)17/h5-6,8-9,12H,7,10-11H2,1-4H3,(H,18,19,21). The van der Waals surface area contributed by atoms with Crippen LogP contribution in [0.25, 0.3) is 0 Å². The molecule has 0 atom stereocenters. The zero-order chi connectivity index (χ0) is 16.5. The second-order valence-electron chi connectivity index (χ2n) is 5.44. The fourth-order valence-electron chi connectivity index (χ4n) is 1.71. The van der Waals surface area contributed by atoms with E-state index in [1.165, 1.54) is 0 Å². The van der Waals surface area contributed by atoms with E-state index in [1.807, 2.05) is 27.9 Å². The summed E-state index contributed by atoms with van der Waals surface area (Å²) in [5.41, 5.74) is 0.400. The molecule has 6 heteroatoms. The van der Waals surface area contributed by atoms with E-state index in [-0.39, 0.29) is 18.0 Å². The van der Waals surface area contributed by atoms with E-state index in [0.29, 0.717) is 17.1 Å². The lowest BCUT2D eigenvalue weighted by Crippen LogP contribution is -2.34. The molecule has 0 bridgehead atoms. The van der Waals surface area contributed by atoms with Crippen LogP contribution in [0.3, 0.4) is 0 Å². The highest BCUT2D eigenvalue weighted by Gasteiger charge is 2.13. The van der Waals surface area contributed by atoms with E-state index < -0.39 is 0 Å². The van der Waals surface area contributed by atoms with Crippen LogP contribution in [0.1, 0.15) is 30.6 Å². The van der Waals surface area contributed by atoms with Crippen LogP contribution >= 0.6 is 11.6 Å². The number of hydrogen-bond donors (Lipinski definition) is 1. The number of amidine groups is 1. The number of ether oxygens (including phenoxy) is 1. The van der Waals surface area contributed by atoms with Crippen LogP contribution in [0.2, 0.25) is 5.02 Å². The lowest BCUT2D eigenvalue weighted by molar-refractivity contribution is 0.0960. The van der Waals surface area contributed by atoms with Gasteiger partial charge in [0, 0.05) is 6.54 Å². The molecule has 0 aliphatic rings. The van der Waals surface area contributed by atoms with Gasteiger partial charge >= 0.3 is 0 Å². The summed E-state index contributed by atoms with van der Waals surface area (Å²) in [7, 11) is 4.02. The average molecular weight is 326 g/mol. The number of rotatable bonds is 6. The topological polar surface area (TPSA) is 53.9 Å². The Kier molecular flexibility index (Phi) is 7.91. The molecule has 0 unspecified atom stereocenters. The number of aliphatic imine (C=N–C) groups is 1. The van der Waals surface area contributed by atoms with Crippen LogP contribution in [0.15, 0.2) is 29.3 Å². The number of benzene rings is 1. The van der Waals surface area contributed by atoms with Gasteiger partial charge in [0.1, 0.15) is 0 Å². The first-order valence-corrected chi connectivity index (χ1v) is 7.69. The van der Waals surface area contributed by atoms with Crippen molar-refractivity contribution in [3.8, 4) is 0 Å². The molecular formula is C16H24ClN3O2. The van der Waals surface area contributed by atoms with Gasteiger partial charge in [-0.15, -0.1) is 0 Å². The Hall–Kier alpha value is -1.59. The predicted molar refractivity (Wildman–Crippen MR) is 90.6 cm³/mol. The SMILES string of the molecule is CC(C)OC(=NCCCN(C)C)NC(=O)c1ccccc1Cl. The maximum absolute atomic E-state index is 12.2. The molecule has 122 valence electrons. The number of halogens is 1. The third kappa shape index (κ3) is 6.91. The highest BCUT2D eigenvalue weighted by molar-refractivity contribution is 6.34. The van der Waals surface area contributed by atoms with E-state index in [4.69, 9.17) is 16.3 Å². The summed E-state index contributed by atoms with van der Waals surface area (Å²) in [6, 6.07) is 7.11. The molecule has 5 nitrogen and oxygen atoms in total. The van der Waals surface area contributed by atoms with Crippen molar-refractivity contribution >= 4 is 23.5 Å². The molecule has 0 saturated carbocycles. The first kappa shape index (κ1) is 18.5. The Labute approximate surface area is 137 Å². The molecule has 1 aromatic rings. The molecule has 22 heavy (non-hydrogen) atoms. The van der Waals surface area contributed by atoms with E-state index in [9.17, 15) is 4.79 Å². The van der Waals surface area contributed by atoms with Crippen molar-refractivity contribution < 1.29 is 9.53 Å². The highest BCUT2D eigenvalue weighted by Crippen LogP contribution is 2.14. The molecule has 1 N–H and O–H groups in total. The molecule has 1 aromatic carbocycles. The van der Waals surface area contributed by atoms with Gasteiger partial charge in [0.05, 0.1) is 16.7 Å². The summed E-state index contributed by atoms with van der Waals surface area (Å²) in [4.78, 5) is 18.6. The molecule has 0 radical (unpaired) electrons. The van der Waals surface area contributed by atoms with Crippen LogP contribution in [-0.2, 0) is 4.74 Å². The van der Waals surface area contributed by atoms with Gasteiger partial charge in [0.15, 0.2) is 0 Å². The smallest absolute Gasteiger partial charge is 0.291 e. The van der Waals surface area contributed by atoms with E-state index >= 15 is 0 Å². The van der Waals surface area contributed by atoms with E-state index in [0.717, 1.165) is 13.0 Å². The van der Waals surface area contributed by atoms with E-state index in [2.05, 4.69) is 15.2 Å². The van der Waals surface area contributed by atoms with Gasteiger partial charge < -0.3 is 9.64 Å². The summed E-state index contributed by atoms with van der Waals surface area (Å²) < 4.78 is 5.55. The fraction of sp³-hybridized carbons (Fsp3) is 0.500. The Morgan fingerprint density at radius 3 is 2.64 bits per heavy atom. The highest BCUT2D eigenvalue weighted by atomic mass is 35.5. The molecule has 1 amide bonds. The molecule has 0 aromatic heterocycles. The Balaban J connectivity index is 2.70. The van der Waals surface area contributed by atoms with Gasteiger partial charge in [-0.25, -0.2) is 4.99 Å². The van der Waals surface area contributed by atoms with Crippen molar-refractivity contribution in [1.82, 2.24) is 10.2 Å². The van der Waals surface area contributed by atoms with Crippen LogP contribution in [0.5, 0.6) is 0 Å². The van der Waals surface area contributed by atoms with Crippen LogP contribution < -0.4 is 5.32 Å². The van der Waals surface area contributed by atoms with Gasteiger partial charge in [-0.3, -0.25) is 10.1 Å². The molecule has 1 rings (SSSR count). The van der Waals surface area contributed by atoms with E-state index in [1.54, 1.807) is 24.3 Å². The number of hydrogen-bond acceptors (Lipinski definition) is 4. The first-order chi connectivity index (χ1) is 10.4. The third-order valence-electron chi connectivity index (χ3n) is 2.71.